The number of nitrogens with one attached hydrogen (secondary N) is 3. The number of aromatic nitrogens is 4. The first-order chi connectivity index (χ1) is 42.8. The van der Waals surface area contributed by atoms with E-state index in [1.165, 1.54) is 24.3 Å². The van der Waals surface area contributed by atoms with Crippen molar-refractivity contribution in [3.63, 3.8) is 0 Å². The molecule has 20 nitrogen and oxygen atoms in total. The second-order valence-corrected chi connectivity index (χ2v) is 27.8. The molecule has 0 unspecified atom stereocenters. The van der Waals surface area contributed by atoms with Crippen molar-refractivity contribution in [1.29, 1.82) is 0 Å². The molecule has 6 heterocycles. The Hall–Kier alpha value is -7.60. The number of hydrogen-bond acceptors (Lipinski definition) is 14. The number of carbonyl (C=O) groups excluding carboxylic acids is 2. The Balaban J connectivity index is 0.737. The topological polar surface area (TPSA) is 255 Å². The van der Waals surface area contributed by atoms with Crippen molar-refractivity contribution >= 4 is 65.9 Å². The fourth-order valence-corrected chi connectivity index (χ4v) is 13.8. The Morgan fingerprint density at radius 3 is 2.30 bits per heavy atom. The zero-order valence-corrected chi connectivity index (χ0v) is 54.9. The molecular weight excluding hydrogens is 1180 g/mol. The smallest absolute Gasteiger partial charge is 0.294 e. The molecule has 2 amide bonds. The summed E-state index contributed by atoms with van der Waals surface area (Å²) in [4.78, 5) is 54.1. The van der Waals surface area contributed by atoms with Gasteiger partial charge in [-0.15, -0.1) is 0 Å². The van der Waals surface area contributed by atoms with E-state index >= 15 is 0 Å². The number of ether oxygens (including phenoxy) is 1. The standard InChI is InChI=1S/C68H86N10O10S2/c1-10-19-48-38-47(4)73-66(81)54(48)44-71-65(80)53-39-50(40-60-55(53)45-72-78(60)46(2)3)49-23-28-63(70-43-49)75-34-32-74(33-35-75)30-18-16-29-69-64(79)22-15-12-17-31-76-58-26-24-51(89(82,83)84)41-56(58)67(5,6)61(76)20-13-11-14-21-62-68(7,8)57-42-52(90(85,86)87)25-27-59(57)77(62)36-37-88-9/h11,13-14,20-21,23-28,38-43,45-46H,10,12,15-19,22,29-37,44H2,1-9H3,(H4-,69,71,73,79,80,81,82,83,84,85,86,87). The van der Waals surface area contributed by atoms with E-state index in [0.29, 0.717) is 50.2 Å². The van der Waals surface area contributed by atoms with Gasteiger partial charge in [0.2, 0.25) is 11.6 Å². The Morgan fingerprint density at radius 2 is 1.60 bits per heavy atom. The van der Waals surface area contributed by atoms with Gasteiger partial charge in [-0.3, -0.25) is 28.5 Å². The number of anilines is 2. The van der Waals surface area contributed by atoms with Gasteiger partial charge in [0, 0.05) is 135 Å². The summed E-state index contributed by atoms with van der Waals surface area (Å²) in [5, 5.41) is 11.5. The lowest BCUT2D eigenvalue weighted by Crippen LogP contribution is -2.47. The van der Waals surface area contributed by atoms with Crippen molar-refractivity contribution in [2.75, 3.05) is 75.9 Å². The number of pyridine rings is 2. The van der Waals surface area contributed by atoms with E-state index in [2.05, 4.69) is 72.9 Å². The second-order valence-electron chi connectivity index (χ2n) is 25.0. The molecule has 3 aromatic heterocycles. The van der Waals surface area contributed by atoms with Crippen LogP contribution in [-0.4, -0.2) is 139 Å². The van der Waals surface area contributed by atoms with Crippen LogP contribution in [0.2, 0.25) is 0 Å². The second kappa shape index (κ2) is 28.3. The minimum atomic E-state index is -4.70. The summed E-state index contributed by atoms with van der Waals surface area (Å²) in [5.74, 6) is 0.632. The number of carbonyl (C=O) groups is 2. The zero-order valence-electron chi connectivity index (χ0n) is 53.3. The minimum absolute atomic E-state index is 0.0230. The number of hydrogen-bond donors (Lipinski definition) is 4. The maximum absolute atomic E-state index is 14.0. The van der Waals surface area contributed by atoms with Crippen molar-refractivity contribution in [2.24, 2.45) is 0 Å². The van der Waals surface area contributed by atoms with Crippen LogP contribution in [0.4, 0.5) is 17.2 Å². The predicted molar refractivity (Wildman–Crippen MR) is 352 cm³/mol. The molecule has 0 radical (unpaired) electrons. The van der Waals surface area contributed by atoms with Crippen LogP contribution in [0, 0.1) is 6.92 Å². The third kappa shape index (κ3) is 15.1. The monoisotopic (exact) mass is 1270 g/mol. The Labute approximate surface area is 529 Å². The number of unbranched alkanes of at least 4 members (excludes halogenated alkanes) is 3. The van der Waals surface area contributed by atoms with Gasteiger partial charge < -0.3 is 34.7 Å². The number of amides is 2. The van der Waals surface area contributed by atoms with Crippen LogP contribution >= 0.6 is 0 Å². The van der Waals surface area contributed by atoms with Crippen LogP contribution in [0.25, 0.3) is 22.0 Å². The van der Waals surface area contributed by atoms with Crippen molar-refractivity contribution in [3.8, 4) is 11.1 Å². The van der Waals surface area contributed by atoms with E-state index in [9.17, 15) is 40.3 Å². The van der Waals surface area contributed by atoms with Crippen LogP contribution in [0.3, 0.4) is 0 Å². The third-order valence-electron chi connectivity index (χ3n) is 17.6. The number of fused-ring (bicyclic) bond motifs is 3. The first kappa shape index (κ1) is 66.8. The number of rotatable bonds is 27. The number of H-pyrrole nitrogens is 1. The lowest BCUT2D eigenvalue weighted by molar-refractivity contribution is -0.438. The lowest BCUT2D eigenvalue weighted by Gasteiger charge is -2.35. The van der Waals surface area contributed by atoms with Crippen molar-refractivity contribution in [2.45, 2.75) is 140 Å². The Morgan fingerprint density at radius 1 is 0.844 bits per heavy atom. The molecule has 0 bridgehead atoms. The molecule has 22 heteroatoms. The largest absolute Gasteiger partial charge is 0.744 e. The Kier molecular flexibility index (Phi) is 21.0. The molecule has 0 aliphatic carbocycles. The van der Waals surface area contributed by atoms with Crippen LogP contribution in [-0.2, 0) is 53.6 Å². The fraction of sp³-hybridized carbons (Fsp3) is 0.441. The predicted octanol–water partition coefficient (Wildman–Crippen LogP) is 9.80. The number of allylic oxidation sites excluding steroid dienone is 6. The van der Waals surface area contributed by atoms with E-state index in [4.69, 9.17) is 9.72 Å². The SMILES string of the molecule is CCCc1cc(C)[nH]c(=O)c1CNC(=O)c1cc(-c2ccc(N3CCN(CCCCNC(=O)CCCCC[N+]4=C(/C=C/C=C/C=C5/N(CCOC)c6ccc(S(=O)(=O)O)cc6C5(C)C)C(C)(C)c5cc(S(=O)(=O)[O-])ccc54)CC3)nc2)cc2c1cnn2C(C)C. The number of methoxy groups -OCH3 is 1. The molecule has 1 fully saturated rings. The summed E-state index contributed by atoms with van der Waals surface area (Å²) in [6.07, 6.45) is 19.4. The van der Waals surface area contributed by atoms with E-state index in [-0.39, 0.29) is 39.8 Å². The number of aromatic amines is 1. The average molecular weight is 1270 g/mol. The van der Waals surface area contributed by atoms with E-state index in [1.54, 1.807) is 25.4 Å². The van der Waals surface area contributed by atoms with Gasteiger partial charge in [0.05, 0.1) is 39.1 Å². The normalized spacial score (nSPS) is 16.4. The van der Waals surface area contributed by atoms with Gasteiger partial charge in [-0.1, -0.05) is 45.4 Å². The molecule has 3 aromatic carbocycles. The Bertz CT molecular complexity index is 4060. The maximum Gasteiger partial charge on any atom is 0.294 e. The molecule has 4 N–H and O–H groups in total. The van der Waals surface area contributed by atoms with Gasteiger partial charge in [-0.05, 0) is 157 Å². The maximum atomic E-state index is 14.0. The lowest BCUT2D eigenvalue weighted by atomic mass is 9.81. The van der Waals surface area contributed by atoms with Gasteiger partial charge in [-0.2, -0.15) is 18.1 Å². The first-order valence-corrected chi connectivity index (χ1v) is 34.1. The van der Waals surface area contributed by atoms with Crippen LogP contribution in [0.5, 0.6) is 0 Å². The number of aryl methyl sites for hydroxylation is 2. The summed E-state index contributed by atoms with van der Waals surface area (Å²) in [6.45, 7) is 22.7. The molecule has 6 aromatic rings. The highest BCUT2D eigenvalue weighted by Gasteiger charge is 2.45. The van der Waals surface area contributed by atoms with Gasteiger partial charge in [0.1, 0.15) is 22.5 Å². The molecule has 0 atom stereocenters. The van der Waals surface area contributed by atoms with Crippen molar-refractivity contribution in [1.82, 2.24) is 35.3 Å². The molecule has 90 heavy (non-hydrogen) atoms. The van der Waals surface area contributed by atoms with E-state index in [1.807, 2.05) is 94.1 Å². The molecule has 9 rings (SSSR count). The molecule has 3 aliphatic heterocycles. The number of piperazine rings is 1. The first-order valence-electron chi connectivity index (χ1n) is 31.2. The minimum Gasteiger partial charge on any atom is -0.744 e. The number of benzene rings is 3. The molecule has 1 saturated heterocycles. The van der Waals surface area contributed by atoms with Gasteiger partial charge in [0.25, 0.3) is 21.6 Å². The molecule has 3 aliphatic rings. The molecule has 0 saturated carbocycles. The fourth-order valence-electron chi connectivity index (χ4n) is 12.7. The summed E-state index contributed by atoms with van der Waals surface area (Å²) < 4.78 is 80.0. The van der Waals surface area contributed by atoms with Crippen LogP contribution in [0.1, 0.15) is 138 Å². The molecule has 480 valence electrons. The third-order valence-corrected chi connectivity index (χ3v) is 19.3. The van der Waals surface area contributed by atoms with Crippen molar-refractivity contribution in [3.05, 3.63) is 159 Å². The highest BCUT2D eigenvalue weighted by Crippen LogP contribution is 2.48. The summed E-state index contributed by atoms with van der Waals surface area (Å²) in [7, 11) is -7.49. The van der Waals surface area contributed by atoms with E-state index in [0.717, 1.165) is 144 Å². The molecule has 0 spiro atoms. The van der Waals surface area contributed by atoms with Gasteiger partial charge in [-0.25, -0.2) is 13.4 Å². The number of nitrogens with zero attached hydrogens (tertiary/aromatic N) is 7. The summed E-state index contributed by atoms with van der Waals surface area (Å²) in [5.41, 5.74) is 8.87. The zero-order chi connectivity index (χ0) is 64.7. The average Bonchev–Trinajstić information content (AvgIpc) is 1.60. The molecular formula is C68H86N10O10S2. The van der Waals surface area contributed by atoms with Crippen LogP contribution < -0.4 is 26.0 Å². The quantitative estimate of drug-likeness (QED) is 0.0162. The summed E-state index contributed by atoms with van der Waals surface area (Å²) >= 11 is 0. The highest BCUT2D eigenvalue weighted by molar-refractivity contribution is 7.86. The van der Waals surface area contributed by atoms with Crippen LogP contribution in [0.15, 0.2) is 130 Å². The summed E-state index contributed by atoms with van der Waals surface area (Å²) in [6, 6.07) is 19.2. The van der Waals surface area contributed by atoms with E-state index < -0.39 is 31.1 Å². The van der Waals surface area contributed by atoms with Gasteiger partial charge in [0.15, 0.2) is 5.71 Å². The highest BCUT2D eigenvalue weighted by atomic mass is 32.2. The van der Waals surface area contributed by atoms with Gasteiger partial charge >= 0.3 is 0 Å². The van der Waals surface area contributed by atoms with Crippen molar-refractivity contribution < 1.29 is 44.8 Å².